The highest BCUT2D eigenvalue weighted by molar-refractivity contribution is 7.92. The number of anilines is 2. The third-order valence-corrected chi connectivity index (χ3v) is 8.15. The van der Waals surface area contributed by atoms with Crippen LogP contribution in [0.1, 0.15) is 11.1 Å². The number of nitrogens with zero attached hydrogens (tertiary/aromatic N) is 5. The van der Waals surface area contributed by atoms with Gasteiger partial charge in [-0.3, -0.25) is 14.1 Å². The van der Waals surface area contributed by atoms with E-state index in [9.17, 15) is 26.8 Å². The van der Waals surface area contributed by atoms with Crippen molar-refractivity contribution in [2.75, 3.05) is 30.8 Å². The molecule has 42 heavy (non-hydrogen) atoms. The second-order valence-corrected chi connectivity index (χ2v) is 12.6. The molecule has 0 aliphatic carbocycles. The molecule has 218 valence electrons. The summed E-state index contributed by atoms with van der Waals surface area (Å²) >= 11 is 1.15. The third-order valence-electron chi connectivity index (χ3n) is 6.27. The smallest absolute Gasteiger partial charge is 0.338 e. The highest BCUT2D eigenvalue weighted by Crippen LogP contribution is 2.38. The Morgan fingerprint density at radius 1 is 0.976 bits per heavy atom. The Labute approximate surface area is 242 Å². The van der Waals surface area contributed by atoms with Crippen molar-refractivity contribution < 1.29 is 17.2 Å². The number of nitrogen functional groups attached to an aromatic ring is 1. The fourth-order valence-corrected chi connectivity index (χ4v) is 6.27. The standard InChI is InChI=1S/C27H25F2N7O4S2/c1-34(2)13-18-23-25(37)36(22-12-11-21(31-32-22)33-42(3,39)40)27(38)35(14-17-19(28)5-4-6-20(17)29)26(23)41-24(18)15-7-9-16(30)10-8-15/h4-12H,13-14,30H2,1-3H3,(H,31,33). The van der Waals surface area contributed by atoms with Crippen LogP contribution < -0.4 is 21.7 Å². The summed E-state index contributed by atoms with van der Waals surface area (Å²) in [6.45, 7) is -0.220. The van der Waals surface area contributed by atoms with Crippen molar-refractivity contribution in [3.05, 3.63) is 98.2 Å². The number of aromatic nitrogens is 4. The molecule has 3 aromatic heterocycles. The van der Waals surface area contributed by atoms with Crippen LogP contribution in [-0.4, -0.2) is 53.0 Å². The lowest BCUT2D eigenvalue weighted by molar-refractivity contribution is 0.405. The number of fused-ring (bicyclic) bond motifs is 1. The molecule has 3 N–H and O–H groups in total. The normalized spacial score (nSPS) is 11.9. The van der Waals surface area contributed by atoms with Gasteiger partial charge in [0.2, 0.25) is 10.0 Å². The van der Waals surface area contributed by atoms with Crippen LogP contribution in [0, 0.1) is 11.6 Å². The molecule has 0 atom stereocenters. The van der Waals surface area contributed by atoms with E-state index in [2.05, 4.69) is 14.9 Å². The first-order valence-electron chi connectivity index (χ1n) is 12.4. The van der Waals surface area contributed by atoms with Crippen LogP contribution in [0.2, 0.25) is 0 Å². The van der Waals surface area contributed by atoms with E-state index in [1.54, 1.807) is 24.3 Å². The summed E-state index contributed by atoms with van der Waals surface area (Å²) < 4.78 is 56.8. The van der Waals surface area contributed by atoms with E-state index in [0.29, 0.717) is 22.7 Å². The van der Waals surface area contributed by atoms with Crippen LogP contribution in [0.4, 0.5) is 20.3 Å². The summed E-state index contributed by atoms with van der Waals surface area (Å²) in [4.78, 5) is 30.8. The van der Waals surface area contributed by atoms with Gasteiger partial charge in [-0.1, -0.05) is 18.2 Å². The maximum absolute atomic E-state index is 14.8. The predicted octanol–water partition coefficient (Wildman–Crippen LogP) is 3.01. The molecule has 11 nitrogen and oxygen atoms in total. The number of halogens is 2. The summed E-state index contributed by atoms with van der Waals surface area (Å²) in [6, 6.07) is 12.9. The molecule has 0 unspecified atom stereocenters. The van der Waals surface area contributed by atoms with Crippen molar-refractivity contribution >= 4 is 43.1 Å². The van der Waals surface area contributed by atoms with E-state index >= 15 is 0 Å². The summed E-state index contributed by atoms with van der Waals surface area (Å²) in [5.74, 6) is -2.04. The molecule has 5 rings (SSSR count). The van der Waals surface area contributed by atoms with Crippen LogP contribution in [0.25, 0.3) is 26.5 Å². The molecule has 3 heterocycles. The van der Waals surface area contributed by atoms with Gasteiger partial charge in [-0.2, -0.15) is 0 Å². The van der Waals surface area contributed by atoms with Gasteiger partial charge in [0.15, 0.2) is 11.6 Å². The van der Waals surface area contributed by atoms with Gasteiger partial charge in [-0.25, -0.2) is 26.6 Å². The quantitative estimate of drug-likeness (QED) is 0.254. The summed E-state index contributed by atoms with van der Waals surface area (Å²) in [6.07, 6.45) is 0.934. The van der Waals surface area contributed by atoms with E-state index in [0.717, 1.165) is 44.4 Å². The number of hydrogen-bond donors (Lipinski definition) is 2. The molecule has 2 aromatic carbocycles. The van der Waals surface area contributed by atoms with Gasteiger partial charge in [0.1, 0.15) is 16.5 Å². The van der Waals surface area contributed by atoms with Gasteiger partial charge >= 0.3 is 5.69 Å². The second kappa shape index (κ2) is 11.1. The summed E-state index contributed by atoms with van der Waals surface area (Å²) in [5, 5.41) is 7.87. The molecule has 5 aromatic rings. The van der Waals surface area contributed by atoms with E-state index in [1.165, 1.54) is 18.2 Å². The van der Waals surface area contributed by atoms with Crippen LogP contribution in [0.15, 0.2) is 64.2 Å². The molecule has 0 spiro atoms. The SMILES string of the molecule is CN(C)Cc1c(-c2ccc(N)cc2)sc2c1c(=O)n(-c1ccc(NS(C)(=O)=O)nn1)c(=O)n2Cc1c(F)cccc1F. The predicted molar refractivity (Wildman–Crippen MR) is 158 cm³/mol. The van der Waals surface area contributed by atoms with E-state index < -0.39 is 39.5 Å². The molecule has 0 aliphatic rings. The number of nitrogens with one attached hydrogen (secondary N) is 1. The van der Waals surface area contributed by atoms with E-state index in [1.807, 2.05) is 19.0 Å². The lowest BCUT2D eigenvalue weighted by Crippen LogP contribution is -2.40. The topological polar surface area (TPSA) is 145 Å². The third kappa shape index (κ3) is 5.66. The first kappa shape index (κ1) is 29.0. The molecule has 0 saturated carbocycles. The average Bonchev–Trinajstić information content (AvgIpc) is 3.27. The Morgan fingerprint density at radius 3 is 2.21 bits per heavy atom. The summed E-state index contributed by atoms with van der Waals surface area (Å²) in [5.41, 5.74) is 5.77. The average molecular weight is 614 g/mol. The maximum Gasteiger partial charge on any atom is 0.338 e. The fourth-order valence-electron chi connectivity index (χ4n) is 4.48. The number of benzene rings is 2. The Bertz CT molecular complexity index is 2020. The number of sulfonamides is 1. The Morgan fingerprint density at radius 2 is 1.64 bits per heavy atom. The van der Waals surface area contributed by atoms with Gasteiger partial charge < -0.3 is 10.6 Å². The molecular weight excluding hydrogens is 588 g/mol. The van der Waals surface area contributed by atoms with Crippen molar-refractivity contribution in [1.29, 1.82) is 0 Å². The molecule has 0 saturated heterocycles. The van der Waals surface area contributed by atoms with Crippen LogP contribution in [0.5, 0.6) is 0 Å². The number of rotatable bonds is 8. The van der Waals surface area contributed by atoms with Gasteiger partial charge in [-0.05, 0) is 61.6 Å². The molecule has 0 bridgehead atoms. The van der Waals surface area contributed by atoms with Crippen LogP contribution in [0.3, 0.4) is 0 Å². The molecule has 0 aliphatic heterocycles. The van der Waals surface area contributed by atoms with Crippen molar-refractivity contribution in [3.63, 3.8) is 0 Å². The minimum atomic E-state index is -3.66. The van der Waals surface area contributed by atoms with Crippen molar-refractivity contribution in [1.82, 2.24) is 24.2 Å². The van der Waals surface area contributed by atoms with Crippen molar-refractivity contribution in [2.45, 2.75) is 13.1 Å². The minimum Gasteiger partial charge on any atom is -0.399 e. The first-order chi connectivity index (χ1) is 19.8. The molecule has 0 amide bonds. The monoisotopic (exact) mass is 613 g/mol. The maximum atomic E-state index is 14.8. The zero-order valence-corrected chi connectivity index (χ0v) is 24.3. The Hall–Kier alpha value is -4.47. The lowest BCUT2D eigenvalue weighted by atomic mass is 10.1. The first-order valence-corrected chi connectivity index (χ1v) is 15.1. The van der Waals surface area contributed by atoms with Gasteiger partial charge in [-0.15, -0.1) is 21.5 Å². The minimum absolute atomic E-state index is 0.126. The van der Waals surface area contributed by atoms with Crippen molar-refractivity contribution in [3.8, 4) is 16.3 Å². The fraction of sp³-hybridized carbons (Fsp3) is 0.185. The van der Waals surface area contributed by atoms with Crippen molar-refractivity contribution in [2.24, 2.45) is 0 Å². The van der Waals surface area contributed by atoms with Crippen LogP contribution in [-0.2, 0) is 23.1 Å². The zero-order chi connectivity index (χ0) is 30.3. The Kier molecular flexibility index (Phi) is 7.66. The Balaban J connectivity index is 1.85. The van der Waals surface area contributed by atoms with E-state index in [-0.39, 0.29) is 27.4 Å². The number of thiophene rings is 1. The van der Waals surface area contributed by atoms with E-state index in [4.69, 9.17) is 5.73 Å². The highest BCUT2D eigenvalue weighted by atomic mass is 32.2. The second-order valence-electron chi connectivity index (χ2n) is 9.81. The largest absolute Gasteiger partial charge is 0.399 e. The highest BCUT2D eigenvalue weighted by Gasteiger charge is 2.25. The molecular formula is C27H25F2N7O4S2. The lowest BCUT2D eigenvalue weighted by Gasteiger charge is -2.14. The molecule has 15 heteroatoms. The van der Waals surface area contributed by atoms with Gasteiger partial charge in [0, 0.05) is 22.7 Å². The number of nitrogens with two attached hydrogens (primary N) is 1. The van der Waals surface area contributed by atoms with Crippen LogP contribution >= 0.6 is 11.3 Å². The zero-order valence-electron chi connectivity index (χ0n) is 22.6. The molecule has 0 fully saturated rings. The summed E-state index contributed by atoms with van der Waals surface area (Å²) in [7, 11) is -0.0259. The van der Waals surface area contributed by atoms with Gasteiger partial charge in [0.05, 0.1) is 18.2 Å². The number of hydrogen-bond acceptors (Lipinski definition) is 9. The van der Waals surface area contributed by atoms with Gasteiger partial charge in [0.25, 0.3) is 5.56 Å². The molecule has 0 radical (unpaired) electrons.